The van der Waals surface area contributed by atoms with Crippen LogP contribution in [0, 0.1) is 0 Å². The number of thioether (sulfide) groups is 1. The van der Waals surface area contributed by atoms with Gasteiger partial charge in [-0.15, -0.1) is 11.8 Å². The number of benzene rings is 2. The largest absolute Gasteiger partial charge is 0.433 e. The molecule has 176 valence electrons. The van der Waals surface area contributed by atoms with Gasteiger partial charge in [-0.3, -0.25) is 0 Å². The van der Waals surface area contributed by atoms with E-state index in [0.29, 0.717) is 0 Å². The molecule has 0 aliphatic rings. The van der Waals surface area contributed by atoms with Gasteiger partial charge >= 0.3 is 12.4 Å². The van der Waals surface area contributed by atoms with Gasteiger partial charge < -0.3 is 5.11 Å². The Bertz CT molecular complexity index is 1100. The maximum atomic E-state index is 13.8. The number of alkyl halides is 8. The summed E-state index contributed by atoms with van der Waals surface area (Å²) in [6, 6.07) is 11.3. The Hall–Kier alpha value is -2.66. The molecule has 0 atom stereocenters. The second-order valence-electron chi connectivity index (χ2n) is 6.81. The van der Waals surface area contributed by atoms with E-state index in [9.17, 15) is 40.2 Å². The molecule has 1 aromatic heterocycles. The third-order valence-electron chi connectivity index (χ3n) is 4.69. The second-order valence-corrected chi connectivity index (χ2v) is 7.86. The first-order valence-electron chi connectivity index (χ1n) is 9.30. The number of hydrogen-bond donors (Lipinski definition) is 1. The van der Waals surface area contributed by atoms with Crippen LogP contribution in [0.25, 0.3) is 11.1 Å². The van der Waals surface area contributed by atoms with Crippen LogP contribution in [-0.4, -0.2) is 10.1 Å². The van der Waals surface area contributed by atoms with Crippen molar-refractivity contribution in [1.82, 2.24) is 4.98 Å². The molecule has 0 spiro atoms. The summed E-state index contributed by atoms with van der Waals surface area (Å²) in [6.07, 6.45) is -13.0. The van der Waals surface area contributed by atoms with E-state index in [0.717, 1.165) is 36.0 Å². The molecule has 0 saturated carbocycles. The Morgan fingerprint density at radius 2 is 1.42 bits per heavy atom. The molecule has 0 aliphatic carbocycles. The number of nitrogens with zero attached hydrogens (tertiary/aromatic N) is 1. The van der Waals surface area contributed by atoms with Gasteiger partial charge in [0.2, 0.25) is 0 Å². The fraction of sp³-hybridized carbons (Fsp3) is 0.227. The molecule has 2 nitrogen and oxygen atoms in total. The van der Waals surface area contributed by atoms with Crippen LogP contribution in [-0.2, 0) is 24.7 Å². The van der Waals surface area contributed by atoms with Crippen molar-refractivity contribution in [2.45, 2.75) is 36.0 Å². The summed E-state index contributed by atoms with van der Waals surface area (Å²) in [5.41, 5.74) is -4.56. The molecular formula is C22H15F8NOS. The zero-order chi connectivity index (χ0) is 24.4. The minimum absolute atomic E-state index is 0.166. The van der Waals surface area contributed by atoms with E-state index in [1.165, 1.54) is 24.3 Å². The number of halogens is 8. The molecule has 11 heteroatoms. The first-order chi connectivity index (χ1) is 15.4. The van der Waals surface area contributed by atoms with Crippen LogP contribution in [0.15, 0.2) is 59.5 Å². The van der Waals surface area contributed by atoms with Crippen molar-refractivity contribution in [3.05, 3.63) is 82.7 Å². The molecule has 0 fully saturated rings. The smallest absolute Gasteiger partial charge is 0.392 e. The van der Waals surface area contributed by atoms with Crippen molar-refractivity contribution in [2.75, 3.05) is 0 Å². The minimum atomic E-state index is -5.09. The van der Waals surface area contributed by atoms with E-state index < -0.39 is 47.9 Å². The van der Waals surface area contributed by atoms with E-state index in [4.69, 9.17) is 0 Å². The van der Waals surface area contributed by atoms with Crippen LogP contribution in [0.4, 0.5) is 35.1 Å². The first-order valence-corrected chi connectivity index (χ1v) is 10.3. The summed E-state index contributed by atoms with van der Waals surface area (Å²) in [5.74, 6) is -0.312. The van der Waals surface area contributed by atoms with Crippen molar-refractivity contribution >= 4 is 11.8 Å². The number of aliphatic hydroxyl groups excluding tert-OH is 1. The van der Waals surface area contributed by atoms with Crippen LogP contribution >= 0.6 is 11.8 Å². The van der Waals surface area contributed by atoms with Crippen LogP contribution in [0.1, 0.15) is 34.5 Å². The normalized spacial score (nSPS) is 12.4. The predicted octanol–water partition coefficient (Wildman–Crippen LogP) is 7.51. The van der Waals surface area contributed by atoms with Crippen molar-refractivity contribution in [1.29, 1.82) is 0 Å². The van der Waals surface area contributed by atoms with E-state index in [1.54, 1.807) is 6.07 Å². The molecule has 0 saturated heterocycles. The van der Waals surface area contributed by atoms with Gasteiger partial charge in [-0.25, -0.2) is 13.8 Å². The monoisotopic (exact) mass is 493 g/mol. The quantitative estimate of drug-likeness (QED) is 0.285. The highest BCUT2D eigenvalue weighted by Crippen LogP contribution is 2.43. The highest BCUT2D eigenvalue weighted by molar-refractivity contribution is 7.98. The first kappa shape index (κ1) is 25.0. The van der Waals surface area contributed by atoms with Gasteiger partial charge in [0.05, 0.1) is 12.2 Å². The van der Waals surface area contributed by atoms with Crippen LogP contribution in [0.5, 0.6) is 0 Å². The lowest BCUT2D eigenvalue weighted by Crippen LogP contribution is -2.17. The molecule has 1 N–H and O–H groups in total. The molecular weight excluding hydrogens is 478 g/mol. The number of rotatable bonds is 6. The second kappa shape index (κ2) is 9.68. The summed E-state index contributed by atoms with van der Waals surface area (Å²) in [4.78, 5) is 3.45. The third kappa shape index (κ3) is 5.64. The summed E-state index contributed by atoms with van der Waals surface area (Å²) < 4.78 is 107. The van der Waals surface area contributed by atoms with Gasteiger partial charge in [0.15, 0.2) is 5.69 Å². The maximum absolute atomic E-state index is 13.8. The average molecular weight is 493 g/mol. The van der Waals surface area contributed by atoms with Gasteiger partial charge in [-0.2, -0.15) is 26.3 Å². The Balaban J connectivity index is 2.14. The molecule has 33 heavy (non-hydrogen) atoms. The van der Waals surface area contributed by atoms with E-state index >= 15 is 0 Å². The maximum Gasteiger partial charge on any atom is 0.433 e. The van der Waals surface area contributed by atoms with Gasteiger partial charge in [-0.1, -0.05) is 30.3 Å². The number of pyridine rings is 1. The number of hydrogen-bond acceptors (Lipinski definition) is 3. The van der Waals surface area contributed by atoms with Crippen LogP contribution in [0.2, 0.25) is 0 Å². The third-order valence-corrected chi connectivity index (χ3v) is 5.73. The Morgan fingerprint density at radius 3 is 1.91 bits per heavy atom. The van der Waals surface area contributed by atoms with Crippen LogP contribution in [0.3, 0.4) is 0 Å². The van der Waals surface area contributed by atoms with Gasteiger partial charge in [-0.05, 0) is 41.0 Å². The SMILES string of the molecule is OCc1c(C(F)(F)F)nc(C(F)F)c(CSc2ccc(C(F)(F)F)cc2)c1-c1ccccc1. The molecule has 0 aliphatic heterocycles. The lowest BCUT2D eigenvalue weighted by molar-refractivity contribution is -0.142. The molecule has 3 rings (SSSR count). The molecule has 0 unspecified atom stereocenters. The lowest BCUT2D eigenvalue weighted by atomic mass is 9.93. The fourth-order valence-corrected chi connectivity index (χ4v) is 4.18. The van der Waals surface area contributed by atoms with Gasteiger partial charge in [0.25, 0.3) is 6.43 Å². The van der Waals surface area contributed by atoms with E-state index in [-0.39, 0.29) is 27.3 Å². The van der Waals surface area contributed by atoms with Gasteiger partial charge in [0.1, 0.15) is 5.69 Å². The van der Waals surface area contributed by atoms with E-state index in [1.807, 2.05) is 0 Å². The lowest BCUT2D eigenvalue weighted by Gasteiger charge is -2.22. The predicted molar refractivity (Wildman–Crippen MR) is 107 cm³/mol. The van der Waals surface area contributed by atoms with Gasteiger partial charge in [0, 0.05) is 16.2 Å². The van der Waals surface area contributed by atoms with Crippen molar-refractivity contribution in [3.8, 4) is 11.1 Å². The zero-order valence-electron chi connectivity index (χ0n) is 16.5. The number of aliphatic hydroxyl groups is 1. The minimum Gasteiger partial charge on any atom is -0.392 e. The molecule has 1 heterocycles. The topological polar surface area (TPSA) is 33.1 Å². The molecule has 3 aromatic rings. The molecule has 2 aromatic carbocycles. The zero-order valence-corrected chi connectivity index (χ0v) is 17.3. The Labute approximate surface area is 187 Å². The molecule has 0 radical (unpaired) electrons. The standard InChI is InChI=1S/C22H15F8NOS/c23-20(24)18-16(11-33-14-8-6-13(7-9-14)21(25,26)27)17(12-4-2-1-3-5-12)15(10-32)19(31-18)22(28,29)30/h1-9,20,32H,10-11H2. The molecule has 0 bridgehead atoms. The Kier molecular flexibility index (Phi) is 7.32. The number of aromatic nitrogens is 1. The summed E-state index contributed by atoms with van der Waals surface area (Å²) in [6.45, 7) is -1.10. The summed E-state index contributed by atoms with van der Waals surface area (Å²) in [5, 5.41) is 9.73. The van der Waals surface area contributed by atoms with Crippen molar-refractivity contribution < 1.29 is 40.2 Å². The summed E-state index contributed by atoms with van der Waals surface area (Å²) >= 11 is 0.862. The van der Waals surface area contributed by atoms with Crippen molar-refractivity contribution in [2.24, 2.45) is 0 Å². The average Bonchev–Trinajstić information content (AvgIpc) is 2.76. The molecule has 0 amide bonds. The Morgan fingerprint density at radius 1 is 0.818 bits per heavy atom. The van der Waals surface area contributed by atoms with Crippen molar-refractivity contribution in [3.63, 3.8) is 0 Å². The summed E-state index contributed by atoms with van der Waals surface area (Å²) in [7, 11) is 0. The fourth-order valence-electron chi connectivity index (χ4n) is 3.25. The van der Waals surface area contributed by atoms with E-state index in [2.05, 4.69) is 4.98 Å². The van der Waals surface area contributed by atoms with Crippen LogP contribution < -0.4 is 0 Å². The highest BCUT2D eigenvalue weighted by atomic mass is 32.2. The highest BCUT2D eigenvalue weighted by Gasteiger charge is 2.39.